The molecule has 0 aliphatic carbocycles. The summed E-state index contributed by atoms with van der Waals surface area (Å²) in [5, 5.41) is 7.82. The molecule has 0 amide bonds. The van der Waals surface area contributed by atoms with Crippen molar-refractivity contribution >= 4 is 11.6 Å². The van der Waals surface area contributed by atoms with Crippen LogP contribution < -0.4 is 5.32 Å². The maximum absolute atomic E-state index is 4.53. The quantitative estimate of drug-likeness (QED) is 0.865. The fraction of sp³-hybridized carbons (Fsp3) is 0.571. The van der Waals surface area contributed by atoms with Crippen LogP contribution in [0.5, 0.6) is 0 Å². The van der Waals surface area contributed by atoms with Crippen LogP contribution in [-0.2, 0) is 0 Å². The zero-order chi connectivity index (χ0) is 13.8. The average Bonchev–Trinajstić information content (AvgIpc) is 2.79. The third-order valence-electron chi connectivity index (χ3n) is 3.36. The number of fused-ring (bicyclic) bond motifs is 1. The van der Waals surface area contributed by atoms with Crippen LogP contribution in [0.15, 0.2) is 18.3 Å². The zero-order valence-electron chi connectivity index (χ0n) is 12.2. The summed E-state index contributed by atoms with van der Waals surface area (Å²) < 4.78 is 1.82. The van der Waals surface area contributed by atoms with Crippen LogP contribution >= 0.6 is 0 Å². The summed E-state index contributed by atoms with van der Waals surface area (Å²) in [5.41, 5.74) is 2.06. The minimum absolute atomic E-state index is 0.331. The molecule has 0 aliphatic heterocycles. The lowest BCUT2D eigenvalue weighted by Gasteiger charge is -2.22. The fourth-order valence-corrected chi connectivity index (χ4v) is 2.24. The molecule has 1 unspecified atom stereocenters. The Balaban J connectivity index is 2.07. The smallest absolute Gasteiger partial charge is 0.243 e. The van der Waals surface area contributed by atoms with E-state index in [4.69, 9.17) is 0 Å². The Morgan fingerprint density at radius 3 is 2.74 bits per heavy atom. The molecule has 5 nitrogen and oxygen atoms in total. The van der Waals surface area contributed by atoms with Crippen LogP contribution in [-0.4, -0.2) is 45.2 Å². The van der Waals surface area contributed by atoms with Crippen molar-refractivity contribution in [3.8, 4) is 0 Å². The van der Waals surface area contributed by atoms with Gasteiger partial charge in [0.05, 0.1) is 0 Å². The average molecular weight is 261 g/mol. The van der Waals surface area contributed by atoms with Crippen molar-refractivity contribution in [1.29, 1.82) is 0 Å². The predicted molar refractivity (Wildman–Crippen MR) is 78.6 cm³/mol. The maximum Gasteiger partial charge on any atom is 0.243 e. The maximum atomic E-state index is 4.53. The normalized spacial score (nSPS) is 13.1. The van der Waals surface area contributed by atoms with Crippen molar-refractivity contribution in [3.63, 3.8) is 0 Å². The van der Waals surface area contributed by atoms with Crippen LogP contribution in [0.4, 0.5) is 5.95 Å². The van der Waals surface area contributed by atoms with E-state index in [0.717, 1.165) is 30.8 Å². The van der Waals surface area contributed by atoms with Gasteiger partial charge in [-0.2, -0.15) is 4.98 Å². The van der Waals surface area contributed by atoms with Crippen LogP contribution in [0.3, 0.4) is 0 Å². The van der Waals surface area contributed by atoms with Crippen LogP contribution in [0, 0.1) is 6.92 Å². The summed E-state index contributed by atoms with van der Waals surface area (Å²) in [6.45, 7) is 11.7. The Bertz CT molecular complexity index is 530. The minimum Gasteiger partial charge on any atom is -0.349 e. The Hall–Kier alpha value is -1.62. The molecule has 1 N–H and O–H groups in total. The van der Waals surface area contributed by atoms with Crippen molar-refractivity contribution < 1.29 is 0 Å². The number of hydrogen-bond acceptors (Lipinski definition) is 4. The van der Waals surface area contributed by atoms with Gasteiger partial charge in [0.1, 0.15) is 0 Å². The molecule has 0 aliphatic rings. The number of nitrogens with one attached hydrogen (secondary N) is 1. The first-order valence-corrected chi connectivity index (χ1v) is 6.95. The number of likely N-dealkylation sites (N-methyl/N-ethyl adjacent to an activating group) is 1. The van der Waals surface area contributed by atoms with E-state index < -0.39 is 0 Å². The van der Waals surface area contributed by atoms with Crippen molar-refractivity contribution in [2.45, 2.75) is 33.7 Å². The van der Waals surface area contributed by atoms with Gasteiger partial charge in [-0.3, -0.25) is 0 Å². The second-order valence-corrected chi connectivity index (χ2v) is 4.93. The summed E-state index contributed by atoms with van der Waals surface area (Å²) in [7, 11) is 0. The molecular formula is C14H23N5. The van der Waals surface area contributed by atoms with Crippen molar-refractivity contribution in [2.24, 2.45) is 0 Å². The topological polar surface area (TPSA) is 45.5 Å². The van der Waals surface area contributed by atoms with E-state index in [2.05, 4.69) is 41.1 Å². The number of rotatable bonds is 6. The summed E-state index contributed by atoms with van der Waals surface area (Å²) in [5.74, 6) is 0.703. The van der Waals surface area contributed by atoms with Crippen molar-refractivity contribution in [1.82, 2.24) is 19.5 Å². The molecule has 2 rings (SSSR count). The molecule has 1 atom stereocenters. The molecular weight excluding hydrogens is 238 g/mol. The van der Waals surface area contributed by atoms with Crippen LogP contribution in [0.25, 0.3) is 5.65 Å². The number of pyridine rings is 1. The largest absolute Gasteiger partial charge is 0.349 e. The Kier molecular flexibility index (Phi) is 4.37. The molecule has 0 fully saturated rings. The van der Waals surface area contributed by atoms with E-state index in [1.165, 1.54) is 0 Å². The summed E-state index contributed by atoms with van der Waals surface area (Å²) >= 11 is 0. The third kappa shape index (κ3) is 3.23. The summed E-state index contributed by atoms with van der Waals surface area (Å²) in [4.78, 5) is 6.92. The summed E-state index contributed by atoms with van der Waals surface area (Å²) in [6.07, 6.45) is 1.93. The van der Waals surface area contributed by atoms with Gasteiger partial charge in [-0.05, 0) is 38.6 Å². The van der Waals surface area contributed by atoms with Gasteiger partial charge >= 0.3 is 0 Å². The van der Waals surface area contributed by atoms with Gasteiger partial charge in [0.2, 0.25) is 5.95 Å². The zero-order valence-corrected chi connectivity index (χ0v) is 12.2. The number of nitrogens with zero attached hydrogens (tertiary/aromatic N) is 4. The molecule has 0 saturated carbocycles. The highest BCUT2D eigenvalue weighted by Gasteiger charge is 2.10. The van der Waals surface area contributed by atoms with Crippen LogP contribution in [0.1, 0.15) is 26.3 Å². The molecule has 0 bridgehead atoms. The van der Waals surface area contributed by atoms with E-state index in [-0.39, 0.29) is 0 Å². The van der Waals surface area contributed by atoms with E-state index in [1.54, 1.807) is 0 Å². The first kappa shape index (κ1) is 13.8. The molecule has 2 heterocycles. The van der Waals surface area contributed by atoms with Gasteiger partial charge in [0.25, 0.3) is 0 Å². The number of anilines is 1. The summed E-state index contributed by atoms with van der Waals surface area (Å²) in [6, 6.07) is 4.37. The molecule has 5 heteroatoms. The number of hydrogen-bond donors (Lipinski definition) is 1. The Morgan fingerprint density at radius 2 is 2.11 bits per heavy atom. The van der Waals surface area contributed by atoms with Gasteiger partial charge in [0.15, 0.2) is 5.65 Å². The first-order chi connectivity index (χ1) is 9.13. The number of aryl methyl sites for hydroxylation is 1. The second kappa shape index (κ2) is 6.02. The lowest BCUT2D eigenvalue weighted by molar-refractivity contribution is 0.294. The first-order valence-electron chi connectivity index (χ1n) is 6.95. The lowest BCUT2D eigenvalue weighted by Crippen LogP contribution is -2.35. The molecule has 0 aromatic carbocycles. The Labute approximate surface area is 114 Å². The van der Waals surface area contributed by atoms with Gasteiger partial charge in [-0.25, -0.2) is 4.52 Å². The molecule has 2 aromatic rings. The molecule has 0 spiro atoms. The Morgan fingerprint density at radius 1 is 1.37 bits per heavy atom. The fourth-order valence-electron chi connectivity index (χ4n) is 2.24. The molecule has 0 saturated heterocycles. The van der Waals surface area contributed by atoms with E-state index in [1.807, 2.05) is 29.8 Å². The van der Waals surface area contributed by atoms with Crippen molar-refractivity contribution in [2.75, 3.05) is 25.0 Å². The standard InChI is InChI=1S/C14H23N5/c1-5-18(6-2)10-12(4)15-14-16-13-11(3)8-7-9-19(13)17-14/h7-9,12H,5-6,10H2,1-4H3,(H,15,17). The third-order valence-corrected chi connectivity index (χ3v) is 3.36. The molecule has 19 heavy (non-hydrogen) atoms. The molecule has 104 valence electrons. The van der Waals surface area contributed by atoms with Crippen molar-refractivity contribution in [3.05, 3.63) is 23.9 Å². The number of aromatic nitrogens is 3. The second-order valence-electron chi connectivity index (χ2n) is 4.93. The van der Waals surface area contributed by atoms with Gasteiger partial charge in [-0.15, -0.1) is 5.10 Å². The van der Waals surface area contributed by atoms with E-state index in [0.29, 0.717) is 12.0 Å². The van der Waals surface area contributed by atoms with Gasteiger partial charge in [0, 0.05) is 18.8 Å². The van der Waals surface area contributed by atoms with Crippen LogP contribution in [0.2, 0.25) is 0 Å². The molecule has 2 aromatic heterocycles. The molecule has 0 radical (unpaired) electrons. The monoisotopic (exact) mass is 261 g/mol. The minimum atomic E-state index is 0.331. The van der Waals surface area contributed by atoms with Gasteiger partial charge < -0.3 is 10.2 Å². The highest BCUT2D eigenvalue weighted by molar-refractivity contribution is 5.49. The van der Waals surface area contributed by atoms with E-state index in [9.17, 15) is 0 Å². The highest BCUT2D eigenvalue weighted by atomic mass is 15.4. The van der Waals surface area contributed by atoms with Gasteiger partial charge in [-0.1, -0.05) is 19.9 Å². The highest BCUT2D eigenvalue weighted by Crippen LogP contribution is 2.10. The predicted octanol–water partition coefficient (Wildman–Crippen LogP) is 2.18. The SMILES string of the molecule is CCN(CC)CC(C)Nc1nc2c(C)cccn2n1. The van der Waals surface area contributed by atoms with E-state index >= 15 is 0 Å². The lowest BCUT2D eigenvalue weighted by atomic mass is 10.3.